The average Bonchev–Trinajstić information content (AvgIpc) is 2.56. The number of hydrogen-bond donors (Lipinski definition) is 1. The van der Waals surface area contributed by atoms with Crippen molar-refractivity contribution in [2.24, 2.45) is 0 Å². The molecule has 3 aromatic rings. The number of pyridine rings is 1. The monoisotopic (exact) mass is 296 g/mol. The summed E-state index contributed by atoms with van der Waals surface area (Å²) < 4.78 is 16.6. The van der Waals surface area contributed by atoms with Crippen LogP contribution in [0.25, 0.3) is 10.9 Å². The summed E-state index contributed by atoms with van der Waals surface area (Å²) in [7, 11) is 3.21. The molecule has 0 radical (unpaired) electrons. The lowest BCUT2D eigenvalue weighted by atomic mass is 10.1. The van der Waals surface area contributed by atoms with Gasteiger partial charge in [0.2, 0.25) is 0 Å². The number of nitrogen functional groups attached to an aromatic ring is 1. The van der Waals surface area contributed by atoms with Gasteiger partial charge in [0, 0.05) is 18.0 Å². The Kier molecular flexibility index (Phi) is 3.70. The predicted octanol–water partition coefficient (Wildman–Crippen LogP) is 3.63. The normalized spacial score (nSPS) is 10.5. The Bertz CT molecular complexity index is 801. The third-order valence-corrected chi connectivity index (χ3v) is 3.31. The lowest BCUT2D eigenvalue weighted by Gasteiger charge is -2.12. The van der Waals surface area contributed by atoms with Crippen LogP contribution in [0, 0.1) is 0 Å². The first-order chi connectivity index (χ1) is 10.7. The van der Waals surface area contributed by atoms with Gasteiger partial charge in [0.1, 0.15) is 28.5 Å². The Morgan fingerprint density at radius 2 is 1.64 bits per heavy atom. The standard InChI is InChI=1S/C17H16N2O3/c1-20-13-9-14-15(22-12-5-3-11(18)4-6-12)7-8-19-17(14)16(10-13)21-2/h3-10H,18H2,1-2H3. The van der Waals surface area contributed by atoms with E-state index in [1.165, 1.54) is 0 Å². The van der Waals surface area contributed by atoms with Gasteiger partial charge in [-0.3, -0.25) is 4.98 Å². The highest BCUT2D eigenvalue weighted by molar-refractivity contribution is 5.91. The zero-order valence-corrected chi connectivity index (χ0v) is 12.4. The number of benzene rings is 2. The van der Waals surface area contributed by atoms with Crippen molar-refractivity contribution in [3.05, 3.63) is 48.7 Å². The summed E-state index contributed by atoms with van der Waals surface area (Å²) in [6, 6.07) is 12.7. The van der Waals surface area contributed by atoms with E-state index in [0.717, 1.165) is 10.9 Å². The molecule has 5 nitrogen and oxygen atoms in total. The van der Waals surface area contributed by atoms with Crippen LogP contribution >= 0.6 is 0 Å². The van der Waals surface area contributed by atoms with E-state index in [9.17, 15) is 0 Å². The molecule has 0 amide bonds. The Morgan fingerprint density at radius 3 is 2.32 bits per heavy atom. The quantitative estimate of drug-likeness (QED) is 0.745. The molecule has 0 unspecified atom stereocenters. The summed E-state index contributed by atoms with van der Waals surface area (Å²) in [6.45, 7) is 0. The number of ether oxygens (including phenoxy) is 3. The highest BCUT2D eigenvalue weighted by atomic mass is 16.5. The summed E-state index contributed by atoms with van der Waals surface area (Å²) in [4.78, 5) is 4.36. The molecule has 0 aliphatic carbocycles. The number of hydrogen-bond acceptors (Lipinski definition) is 5. The van der Waals surface area contributed by atoms with Gasteiger partial charge in [-0.1, -0.05) is 0 Å². The van der Waals surface area contributed by atoms with Crippen molar-refractivity contribution in [2.75, 3.05) is 20.0 Å². The predicted molar refractivity (Wildman–Crippen MR) is 85.8 cm³/mol. The average molecular weight is 296 g/mol. The van der Waals surface area contributed by atoms with Crippen LogP contribution in [0.5, 0.6) is 23.0 Å². The molecule has 0 saturated carbocycles. The maximum absolute atomic E-state index is 5.94. The van der Waals surface area contributed by atoms with Crippen molar-refractivity contribution in [2.45, 2.75) is 0 Å². The lowest BCUT2D eigenvalue weighted by molar-refractivity contribution is 0.397. The van der Waals surface area contributed by atoms with Crippen molar-refractivity contribution < 1.29 is 14.2 Å². The van der Waals surface area contributed by atoms with Gasteiger partial charge in [-0.25, -0.2) is 0 Å². The van der Waals surface area contributed by atoms with Crippen molar-refractivity contribution in [1.82, 2.24) is 4.98 Å². The van der Waals surface area contributed by atoms with Gasteiger partial charge in [-0.05, 0) is 36.4 Å². The number of rotatable bonds is 4. The van der Waals surface area contributed by atoms with E-state index in [4.69, 9.17) is 19.9 Å². The summed E-state index contributed by atoms with van der Waals surface area (Å²) >= 11 is 0. The Balaban J connectivity index is 2.10. The molecule has 0 bridgehead atoms. The number of nitrogens with two attached hydrogens (primary N) is 1. The van der Waals surface area contributed by atoms with Gasteiger partial charge in [0.15, 0.2) is 0 Å². The lowest BCUT2D eigenvalue weighted by Crippen LogP contribution is -1.93. The SMILES string of the molecule is COc1cc(OC)c2nccc(Oc3ccc(N)cc3)c2c1. The van der Waals surface area contributed by atoms with Crippen molar-refractivity contribution in [3.63, 3.8) is 0 Å². The van der Waals surface area contributed by atoms with Crippen molar-refractivity contribution in [3.8, 4) is 23.0 Å². The molecule has 2 aromatic carbocycles. The fourth-order valence-electron chi connectivity index (χ4n) is 2.20. The molecule has 0 fully saturated rings. The number of aromatic nitrogens is 1. The molecular formula is C17H16N2O3. The van der Waals surface area contributed by atoms with Crippen LogP contribution in [-0.4, -0.2) is 19.2 Å². The van der Waals surface area contributed by atoms with Crippen LogP contribution in [0.1, 0.15) is 0 Å². The van der Waals surface area contributed by atoms with E-state index < -0.39 is 0 Å². The van der Waals surface area contributed by atoms with Crippen LogP contribution in [0.2, 0.25) is 0 Å². The first kappa shape index (κ1) is 14.0. The van der Waals surface area contributed by atoms with Gasteiger partial charge >= 0.3 is 0 Å². The zero-order valence-electron chi connectivity index (χ0n) is 12.4. The number of methoxy groups -OCH3 is 2. The topological polar surface area (TPSA) is 66.6 Å². The van der Waals surface area contributed by atoms with Crippen molar-refractivity contribution in [1.29, 1.82) is 0 Å². The highest BCUT2D eigenvalue weighted by Crippen LogP contribution is 2.36. The minimum absolute atomic E-state index is 0.636. The fraction of sp³-hybridized carbons (Fsp3) is 0.118. The van der Waals surface area contributed by atoms with Crippen LogP contribution in [-0.2, 0) is 0 Å². The van der Waals surface area contributed by atoms with E-state index in [2.05, 4.69) is 4.98 Å². The molecule has 0 aliphatic rings. The highest BCUT2D eigenvalue weighted by Gasteiger charge is 2.11. The summed E-state index contributed by atoms with van der Waals surface area (Å²) in [5, 5.41) is 0.815. The number of anilines is 1. The maximum atomic E-state index is 5.94. The van der Waals surface area contributed by atoms with E-state index in [1.54, 1.807) is 44.7 Å². The first-order valence-corrected chi connectivity index (χ1v) is 6.75. The Hall–Kier alpha value is -2.95. The Morgan fingerprint density at radius 1 is 0.864 bits per heavy atom. The molecule has 3 rings (SSSR count). The molecule has 22 heavy (non-hydrogen) atoms. The summed E-state index contributed by atoms with van der Waals surface area (Å²) in [5.74, 6) is 2.69. The van der Waals surface area contributed by atoms with E-state index >= 15 is 0 Å². The van der Waals surface area contributed by atoms with E-state index in [1.807, 2.05) is 18.2 Å². The van der Waals surface area contributed by atoms with Crippen LogP contribution in [0.4, 0.5) is 5.69 Å². The van der Waals surface area contributed by atoms with E-state index in [-0.39, 0.29) is 0 Å². The maximum Gasteiger partial charge on any atom is 0.148 e. The van der Waals surface area contributed by atoms with Gasteiger partial charge in [0.25, 0.3) is 0 Å². The van der Waals surface area contributed by atoms with E-state index in [0.29, 0.717) is 28.7 Å². The first-order valence-electron chi connectivity index (χ1n) is 6.75. The van der Waals surface area contributed by atoms with Crippen LogP contribution in [0.15, 0.2) is 48.7 Å². The minimum Gasteiger partial charge on any atom is -0.497 e. The van der Waals surface area contributed by atoms with Gasteiger partial charge in [-0.2, -0.15) is 0 Å². The van der Waals surface area contributed by atoms with Crippen molar-refractivity contribution >= 4 is 16.6 Å². The molecule has 2 N–H and O–H groups in total. The third-order valence-electron chi connectivity index (χ3n) is 3.31. The number of nitrogens with zero attached hydrogens (tertiary/aromatic N) is 1. The molecule has 1 heterocycles. The molecular weight excluding hydrogens is 280 g/mol. The van der Waals surface area contributed by atoms with Crippen LogP contribution < -0.4 is 19.9 Å². The molecule has 0 aliphatic heterocycles. The third kappa shape index (κ3) is 2.61. The largest absolute Gasteiger partial charge is 0.497 e. The minimum atomic E-state index is 0.636. The van der Waals surface area contributed by atoms with Crippen LogP contribution in [0.3, 0.4) is 0 Å². The molecule has 0 spiro atoms. The smallest absolute Gasteiger partial charge is 0.148 e. The zero-order chi connectivity index (χ0) is 15.5. The second kappa shape index (κ2) is 5.81. The van der Waals surface area contributed by atoms with Gasteiger partial charge < -0.3 is 19.9 Å². The molecule has 0 atom stereocenters. The molecule has 5 heteroatoms. The number of fused-ring (bicyclic) bond motifs is 1. The molecule has 112 valence electrons. The van der Waals surface area contributed by atoms with Gasteiger partial charge in [0.05, 0.1) is 19.6 Å². The summed E-state index contributed by atoms with van der Waals surface area (Å²) in [6.07, 6.45) is 1.68. The van der Waals surface area contributed by atoms with Gasteiger partial charge in [-0.15, -0.1) is 0 Å². The molecule has 1 aromatic heterocycles. The fourth-order valence-corrected chi connectivity index (χ4v) is 2.20. The summed E-state index contributed by atoms with van der Waals surface area (Å²) in [5.41, 5.74) is 7.10. The second-order valence-corrected chi connectivity index (χ2v) is 4.71. The Labute approximate surface area is 128 Å². The molecule has 0 saturated heterocycles. The second-order valence-electron chi connectivity index (χ2n) is 4.71.